The molecule has 0 amide bonds. The van der Waals surface area contributed by atoms with E-state index in [1.54, 1.807) is 11.3 Å². The fraction of sp³-hybridized carbons (Fsp3) is 0.500. The lowest BCUT2D eigenvalue weighted by atomic mass is 10.2. The van der Waals surface area contributed by atoms with Crippen molar-refractivity contribution < 1.29 is 5.11 Å². The Hall–Kier alpha value is -0.380. The topological polar surface area (TPSA) is 32.3 Å². The summed E-state index contributed by atoms with van der Waals surface area (Å²) >= 11 is 1.69. The van der Waals surface area contributed by atoms with E-state index in [4.69, 9.17) is 0 Å². The van der Waals surface area contributed by atoms with Gasteiger partial charge in [-0.3, -0.25) is 0 Å². The van der Waals surface area contributed by atoms with Crippen molar-refractivity contribution in [1.82, 2.24) is 5.32 Å². The summed E-state index contributed by atoms with van der Waals surface area (Å²) in [6.45, 7) is 0.665. The largest absolute Gasteiger partial charge is 0.391 e. The van der Waals surface area contributed by atoms with Crippen LogP contribution in [0.1, 0.15) is 4.88 Å². The van der Waals surface area contributed by atoms with Crippen LogP contribution < -0.4 is 5.32 Å². The molecular formula is C8H13NOS. The third kappa shape index (κ3) is 3.01. The molecule has 3 heteroatoms. The van der Waals surface area contributed by atoms with Crippen molar-refractivity contribution in [2.45, 2.75) is 12.5 Å². The van der Waals surface area contributed by atoms with Gasteiger partial charge in [0, 0.05) is 17.8 Å². The lowest BCUT2D eigenvalue weighted by Gasteiger charge is -2.06. The van der Waals surface area contributed by atoms with Gasteiger partial charge in [0.05, 0.1) is 6.10 Å². The highest BCUT2D eigenvalue weighted by Gasteiger charge is 2.03. The molecular weight excluding hydrogens is 158 g/mol. The second kappa shape index (κ2) is 4.49. The number of aliphatic hydroxyl groups is 1. The van der Waals surface area contributed by atoms with Gasteiger partial charge in [-0.2, -0.15) is 0 Å². The van der Waals surface area contributed by atoms with Crippen molar-refractivity contribution in [3.8, 4) is 0 Å². The van der Waals surface area contributed by atoms with E-state index in [1.807, 2.05) is 24.6 Å². The summed E-state index contributed by atoms with van der Waals surface area (Å²) in [5.74, 6) is 0. The van der Waals surface area contributed by atoms with Crippen LogP contribution in [-0.2, 0) is 6.42 Å². The zero-order chi connectivity index (χ0) is 8.10. The number of rotatable bonds is 4. The van der Waals surface area contributed by atoms with Gasteiger partial charge in [-0.15, -0.1) is 11.3 Å². The highest BCUT2D eigenvalue weighted by molar-refractivity contribution is 7.09. The third-order valence-electron chi connectivity index (χ3n) is 1.46. The van der Waals surface area contributed by atoms with Crippen LogP contribution in [0.15, 0.2) is 17.5 Å². The first kappa shape index (κ1) is 8.71. The first-order valence-electron chi connectivity index (χ1n) is 3.68. The number of hydrogen-bond donors (Lipinski definition) is 2. The number of nitrogens with one attached hydrogen (secondary N) is 1. The minimum atomic E-state index is -0.251. The van der Waals surface area contributed by atoms with Crippen molar-refractivity contribution >= 4 is 11.3 Å². The predicted molar refractivity (Wildman–Crippen MR) is 48.0 cm³/mol. The molecule has 1 heterocycles. The number of aliphatic hydroxyl groups excluding tert-OH is 1. The SMILES string of the molecule is CNCC(O)Cc1cccs1. The highest BCUT2D eigenvalue weighted by atomic mass is 32.1. The molecule has 0 aliphatic heterocycles. The van der Waals surface area contributed by atoms with Crippen LogP contribution in [0.4, 0.5) is 0 Å². The van der Waals surface area contributed by atoms with Crippen molar-refractivity contribution in [3.05, 3.63) is 22.4 Å². The molecule has 0 saturated carbocycles. The smallest absolute Gasteiger partial charge is 0.0712 e. The van der Waals surface area contributed by atoms with Crippen LogP contribution in [0.5, 0.6) is 0 Å². The second-order valence-electron chi connectivity index (χ2n) is 2.49. The fourth-order valence-corrected chi connectivity index (χ4v) is 1.75. The molecule has 0 fully saturated rings. The Morgan fingerprint density at radius 2 is 2.55 bits per heavy atom. The maximum Gasteiger partial charge on any atom is 0.0712 e. The van der Waals surface area contributed by atoms with Crippen molar-refractivity contribution in [1.29, 1.82) is 0 Å². The van der Waals surface area contributed by atoms with Crippen LogP contribution in [-0.4, -0.2) is 24.8 Å². The molecule has 0 bridgehead atoms. The molecule has 0 radical (unpaired) electrons. The summed E-state index contributed by atoms with van der Waals surface area (Å²) < 4.78 is 0. The molecule has 1 aromatic heterocycles. The first-order chi connectivity index (χ1) is 5.33. The summed E-state index contributed by atoms with van der Waals surface area (Å²) in [5, 5.41) is 14.3. The van der Waals surface area contributed by atoms with Crippen molar-refractivity contribution in [2.75, 3.05) is 13.6 Å². The third-order valence-corrected chi connectivity index (χ3v) is 2.36. The van der Waals surface area contributed by atoms with E-state index in [9.17, 15) is 5.11 Å². The van der Waals surface area contributed by atoms with E-state index in [-0.39, 0.29) is 6.10 Å². The molecule has 0 aliphatic carbocycles. The van der Waals surface area contributed by atoms with E-state index in [0.717, 1.165) is 6.42 Å². The van der Waals surface area contributed by atoms with Gasteiger partial charge in [0.2, 0.25) is 0 Å². The molecule has 1 aromatic rings. The summed E-state index contributed by atoms with van der Waals surface area (Å²) in [6, 6.07) is 4.05. The molecule has 1 atom stereocenters. The molecule has 1 unspecified atom stereocenters. The molecule has 0 spiro atoms. The molecule has 0 saturated heterocycles. The summed E-state index contributed by atoms with van der Waals surface area (Å²) in [7, 11) is 1.84. The molecule has 0 aromatic carbocycles. The quantitative estimate of drug-likeness (QED) is 0.704. The average molecular weight is 171 g/mol. The van der Waals surface area contributed by atoms with E-state index in [1.165, 1.54) is 4.88 Å². The summed E-state index contributed by atoms with van der Waals surface area (Å²) in [4.78, 5) is 1.24. The standard InChI is InChI=1S/C8H13NOS/c1-9-6-7(10)5-8-3-2-4-11-8/h2-4,7,9-10H,5-6H2,1H3. The molecule has 1 rings (SSSR count). The van der Waals surface area contributed by atoms with E-state index in [2.05, 4.69) is 5.32 Å². The van der Waals surface area contributed by atoms with Crippen molar-refractivity contribution in [2.24, 2.45) is 0 Å². The van der Waals surface area contributed by atoms with Gasteiger partial charge in [-0.25, -0.2) is 0 Å². The van der Waals surface area contributed by atoms with Gasteiger partial charge in [0.15, 0.2) is 0 Å². The van der Waals surface area contributed by atoms with Gasteiger partial charge in [-0.1, -0.05) is 6.07 Å². The first-order valence-corrected chi connectivity index (χ1v) is 4.56. The lowest BCUT2D eigenvalue weighted by molar-refractivity contribution is 0.175. The van der Waals surface area contributed by atoms with Gasteiger partial charge < -0.3 is 10.4 Å². The summed E-state index contributed by atoms with van der Waals surface area (Å²) in [5.41, 5.74) is 0. The molecule has 2 nitrogen and oxygen atoms in total. The van der Waals surface area contributed by atoms with Gasteiger partial charge in [-0.05, 0) is 18.5 Å². The zero-order valence-electron chi connectivity index (χ0n) is 6.58. The van der Waals surface area contributed by atoms with E-state index < -0.39 is 0 Å². The molecule has 0 aliphatic rings. The fourth-order valence-electron chi connectivity index (χ4n) is 0.969. The van der Waals surface area contributed by atoms with Crippen LogP contribution in [0.2, 0.25) is 0 Å². The van der Waals surface area contributed by atoms with Crippen LogP contribution >= 0.6 is 11.3 Å². The number of thiophene rings is 1. The Morgan fingerprint density at radius 1 is 1.73 bits per heavy atom. The second-order valence-corrected chi connectivity index (χ2v) is 3.53. The maximum atomic E-state index is 9.37. The Bertz CT molecular complexity index is 186. The highest BCUT2D eigenvalue weighted by Crippen LogP contribution is 2.10. The predicted octanol–water partition coefficient (Wildman–Crippen LogP) is 0.871. The van der Waals surface area contributed by atoms with Crippen LogP contribution in [0.25, 0.3) is 0 Å². The van der Waals surface area contributed by atoms with Gasteiger partial charge in [0.1, 0.15) is 0 Å². The van der Waals surface area contributed by atoms with Gasteiger partial charge >= 0.3 is 0 Å². The molecule has 2 N–H and O–H groups in total. The minimum Gasteiger partial charge on any atom is -0.391 e. The van der Waals surface area contributed by atoms with Gasteiger partial charge in [0.25, 0.3) is 0 Å². The number of likely N-dealkylation sites (N-methyl/N-ethyl adjacent to an activating group) is 1. The summed E-state index contributed by atoms with van der Waals surface area (Å²) in [6.07, 6.45) is 0.511. The number of hydrogen-bond acceptors (Lipinski definition) is 3. The maximum absolute atomic E-state index is 9.37. The van der Waals surface area contributed by atoms with E-state index in [0.29, 0.717) is 6.54 Å². The zero-order valence-corrected chi connectivity index (χ0v) is 7.40. The average Bonchev–Trinajstić information content (AvgIpc) is 2.40. The molecule has 11 heavy (non-hydrogen) atoms. The lowest BCUT2D eigenvalue weighted by Crippen LogP contribution is -2.24. The van der Waals surface area contributed by atoms with E-state index >= 15 is 0 Å². The monoisotopic (exact) mass is 171 g/mol. The normalized spacial score (nSPS) is 13.3. The molecule has 62 valence electrons. The van der Waals surface area contributed by atoms with Crippen LogP contribution in [0, 0.1) is 0 Å². The minimum absolute atomic E-state index is 0.251. The van der Waals surface area contributed by atoms with Crippen molar-refractivity contribution in [3.63, 3.8) is 0 Å². The Labute approximate surface area is 70.9 Å². The Morgan fingerprint density at radius 3 is 3.09 bits per heavy atom. The van der Waals surface area contributed by atoms with Crippen LogP contribution in [0.3, 0.4) is 0 Å². The Balaban J connectivity index is 2.31. The Kier molecular flexibility index (Phi) is 3.56.